The topological polar surface area (TPSA) is 26.3 Å². The van der Waals surface area contributed by atoms with Crippen molar-refractivity contribution < 1.29 is 9.53 Å². The molecule has 1 atom stereocenters. The highest BCUT2D eigenvalue weighted by molar-refractivity contribution is 14.1. The summed E-state index contributed by atoms with van der Waals surface area (Å²) in [6.45, 7) is 3.68. The highest BCUT2D eigenvalue weighted by Crippen LogP contribution is 2.13. The van der Waals surface area contributed by atoms with Crippen molar-refractivity contribution in [1.82, 2.24) is 0 Å². The van der Waals surface area contributed by atoms with Crippen molar-refractivity contribution in [2.75, 3.05) is 4.43 Å². The minimum absolute atomic E-state index is 0.139. The first kappa shape index (κ1) is 14.2. The van der Waals surface area contributed by atoms with Crippen molar-refractivity contribution >= 4 is 28.6 Å². The molecule has 0 aliphatic rings. The molecule has 0 unspecified atom stereocenters. The Labute approximate surface area is 101 Å². The zero-order chi connectivity index (χ0) is 10.8. The molecule has 0 radical (unpaired) electrons. The maximum Gasteiger partial charge on any atom is 0.302 e. The van der Waals surface area contributed by atoms with Gasteiger partial charge in [-0.3, -0.25) is 4.79 Å². The number of ether oxygens (including phenoxy) is 1. The van der Waals surface area contributed by atoms with Gasteiger partial charge in [0.15, 0.2) is 0 Å². The van der Waals surface area contributed by atoms with Crippen LogP contribution in [0.3, 0.4) is 0 Å². The first-order valence-electron chi connectivity index (χ1n) is 5.43. The largest absolute Gasteiger partial charge is 0.463 e. The molecular weight excluding hydrogens is 291 g/mol. The highest BCUT2D eigenvalue weighted by Gasteiger charge is 2.10. The van der Waals surface area contributed by atoms with E-state index in [0.29, 0.717) is 0 Å². The molecule has 0 heterocycles. The van der Waals surface area contributed by atoms with E-state index in [4.69, 9.17) is 4.74 Å². The van der Waals surface area contributed by atoms with Gasteiger partial charge >= 0.3 is 5.97 Å². The summed E-state index contributed by atoms with van der Waals surface area (Å²) in [5, 5.41) is 0. The Bertz CT molecular complexity index is 148. The van der Waals surface area contributed by atoms with Gasteiger partial charge in [0.25, 0.3) is 0 Å². The van der Waals surface area contributed by atoms with E-state index in [2.05, 4.69) is 29.5 Å². The Morgan fingerprint density at radius 2 is 1.93 bits per heavy atom. The molecule has 0 saturated heterocycles. The second kappa shape index (κ2) is 9.74. The molecular formula is C11H21IO2. The van der Waals surface area contributed by atoms with Crippen LogP contribution in [0.2, 0.25) is 0 Å². The fraction of sp³-hybridized carbons (Fsp3) is 0.909. The second-order valence-electron chi connectivity index (χ2n) is 3.56. The second-order valence-corrected chi connectivity index (χ2v) is 4.64. The summed E-state index contributed by atoms with van der Waals surface area (Å²) in [6.07, 6.45) is 6.99. The fourth-order valence-corrected chi connectivity index (χ4v) is 1.86. The molecule has 0 amide bonds. The smallest absolute Gasteiger partial charge is 0.302 e. The number of hydrogen-bond acceptors (Lipinski definition) is 2. The lowest BCUT2D eigenvalue weighted by Gasteiger charge is -2.16. The van der Waals surface area contributed by atoms with Gasteiger partial charge in [0, 0.05) is 6.92 Å². The van der Waals surface area contributed by atoms with Gasteiger partial charge in [-0.05, 0) is 30.1 Å². The summed E-state index contributed by atoms with van der Waals surface area (Å²) in [6, 6.07) is 0. The minimum atomic E-state index is -0.139. The van der Waals surface area contributed by atoms with Crippen molar-refractivity contribution in [2.24, 2.45) is 0 Å². The standard InChI is InChI=1S/C11H21IO2/c1-3-4-5-7-11(8-6-9-12)14-10(2)13/h11H,3-9H2,1-2H3/t11-/m1/s1. The number of carbonyl (C=O) groups excluding carboxylic acids is 1. The lowest BCUT2D eigenvalue weighted by molar-refractivity contribution is -0.147. The van der Waals surface area contributed by atoms with E-state index in [9.17, 15) is 4.79 Å². The van der Waals surface area contributed by atoms with Gasteiger partial charge < -0.3 is 4.74 Å². The zero-order valence-corrected chi connectivity index (χ0v) is 11.4. The average molecular weight is 312 g/mol. The van der Waals surface area contributed by atoms with Gasteiger partial charge in [0.1, 0.15) is 6.10 Å². The summed E-state index contributed by atoms with van der Waals surface area (Å²) in [5.41, 5.74) is 0. The van der Waals surface area contributed by atoms with E-state index >= 15 is 0 Å². The molecule has 0 bridgehead atoms. The summed E-state index contributed by atoms with van der Waals surface area (Å²) < 4.78 is 6.40. The molecule has 3 heteroatoms. The number of rotatable bonds is 8. The van der Waals surface area contributed by atoms with Gasteiger partial charge in [-0.2, -0.15) is 0 Å². The summed E-state index contributed by atoms with van der Waals surface area (Å²) in [7, 11) is 0. The molecule has 0 N–H and O–H groups in total. The third kappa shape index (κ3) is 8.78. The van der Waals surface area contributed by atoms with E-state index < -0.39 is 0 Å². The molecule has 84 valence electrons. The zero-order valence-electron chi connectivity index (χ0n) is 9.22. The minimum Gasteiger partial charge on any atom is -0.463 e. The number of hydrogen-bond donors (Lipinski definition) is 0. The monoisotopic (exact) mass is 312 g/mol. The van der Waals surface area contributed by atoms with Crippen LogP contribution < -0.4 is 0 Å². The number of unbranched alkanes of at least 4 members (excludes halogenated alkanes) is 2. The summed E-state index contributed by atoms with van der Waals surface area (Å²) in [4.78, 5) is 10.8. The number of alkyl halides is 1. The maximum atomic E-state index is 10.8. The van der Waals surface area contributed by atoms with Crippen LogP contribution >= 0.6 is 22.6 Å². The molecule has 0 aliphatic carbocycles. The van der Waals surface area contributed by atoms with Crippen molar-refractivity contribution in [3.63, 3.8) is 0 Å². The van der Waals surface area contributed by atoms with Crippen LogP contribution in [0.25, 0.3) is 0 Å². The molecule has 0 aliphatic heterocycles. The highest BCUT2D eigenvalue weighted by atomic mass is 127. The van der Waals surface area contributed by atoms with Crippen LogP contribution in [-0.4, -0.2) is 16.5 Å². The number of halogens is 1. The quantitative estimate of drug-likeness (QED) is 0.295. The summed E-state index contributed by atoms with van der Waals surface area (Å²) in [5.74, 6) is -0.139. The predicted octanol–water partition coefficient (Wildman–Crippen LogP) is 3.71. The molecule has 0 aromatic heterocycles. The Hall–Kier alpha value is 0.200. The van der Waals surface area contributed by atoms with Gasteiger partial charge in [-0.1, -0.05) is 42.4 Å². The van der Waals surface area contributed by atoms with Crippen molar-refractivity contribution in [3.8, 4) is 0 Å². The average Bonchev–Trinajstić information content (AvgIpc) is 2.13. The van der Waals surface area contributed by atoms with Crippen molar-refractivity contribution in [3.05, 3.63) is 0 Å². The predicted molar refractivity (Wildman–Crippen MR) is 67.8 cm³/mol. The Balaban J connectivity index is 3.66. The van der Waals surface area contributed by atoms with Crippen LogP contribution in [0, 0.1) is 0 Å². The van der Waals surface area contributed by atoms with E-state index in [1.54, 1.807) is 0 Å². The van der Waals surface area contributed by atoms with Crippen LogP contribution in [0.15, 0.2) is 0 Å². The molecule has 0 fully saturated rings. The van der Waals surface area contributed by atoms with Crippen LogP contribution in [0.4, 0.5) is 0 Å². The Morgan fingerprint density at radius 3 is 2.43 bits per heavy atom. The van der Waals surface area contributed by atoms with Gasteiger partial charge in [0.2, 0.25) is 0 Å². The van der Waals surface area contributed by atoms with Crippen LogP contribution in [0.5, 0.6) is 0 Å². The lowest BCUT2D eigenvalue weighted by Crippen LogP contribution is -2.16. The molecule has 0 aromatic rings. The van der Waals surface area contributed by atoms with E-state index in [1.807, 2.05) is 0 Å². The third-order valence-electron chi connectivity index (χ3n) is 2.12. The third-order valence-corrected chi connectivity index (χ3v) is 2.88. The Morgan fingerprint density at radius 1 is 1.29 bits per heavy atom. The Kier molecular flexibility index (Phi) is 9.88. The normalized spacial score (nSPS) is 12.5. The number of esters is 1. The van der Waals surface area contributed by atoms with Crippen LogP contribution in [0.1, 0.15) is 52.4 Å². The van der Waals surface area contributed by atoms with Gasteiger partial charge in [0.05, 0.1) is 0 Å². The number of carbonyl (C=O) groups is 1. The van der Waals surface area contributed by atoms with Gasteiger partial charge in [-0.25, -0.2) is 0 Å². The molecule has 0 saturated carbocycles. The van der Waals surface area contributed by atoms with Gasteiger partial charge in [-0.15, -0.1) is 0 Å². The first-order valence-corrected chi connectivity index (χ1v) is 6.96. The fourth-order valence-electron chi connectivity index (χ4n) is 1.42. The van der Waals surface area contributed by atoms with Crippen molar-refractivity contribution in [2.45, 2.75) is 58.5 Å². The van der Waals surface area contributed by atoms with E-state index in [1.165, 1.54) is 26.2 Å². The lowest BCUT2D eigenvalue weighted by atomic mass is 10.1. The maximum absolute atomic E-state index is 10.8. The molecule has 0 spiro atoms. The summed E-state index contributed by atoms with van der Waals surface area (Å²) >= 11 is 2.36. The van der Waals surface area contributed by atoms with Crippen LogP contribution in [-0.2, 0) is 9.53 Å². The molecule has 0 aromatic carbocycles. The molecule has 0 rings (SSSR count). The van der Waals surface area contributed by atoms with E-state index in [-0.39, 0.29) is 12.1 Å². The SMILES string of the molecule is CCCCC[C@H](CCCI)OC(C)=O. The molecule has 14 heavy (non-hydrogen) atoms. The van der Waals surface area contributed by atoms with E-state index in [0.717, 1.165) is 23.7 Å². The molecule has 2 nitrogen and oxygen atoms in total. The van der Waals surface area contributed by atoms with Crippen molar-refractivity contribution in [1.29, 1.82) is 0 Å². The first-order chi connectivity index (χ1) is 6.70.